The number of hydrogen-bond acceptors (Lipinski definition) is 7. The van der Waals surface area contributed by atoms with Gasteiger partial charge in [0.2, 0.25) is 17.1 Å². The van der Waals surface area contributed by atoms with Crippen LogP contribution in [0.3, 0.4) is 0 Å². The number of aromatic nitrogens is 8. The number of aliphatic hydroxyl groups is 1. The number of nitrogens with zero attached hydrogens (tertiary/aromatic N) is 10. The van der Waals surface area contributed by atoms with E-state index in [1.807, 2.05) is 80.5 Å². The molecule has 0 bridgehead atoms. The van der Waals surface area contributed by atoms with E-state index in [9.17, 15) is 19.5 Å². The maximum absolute atomic E-state index is 13.8. The Morgan fingerprint density at radius 3 is 1.82 bits per heavy atom. The molecule has 4 heterocycles. The minimum Gasteiger partial charge on any atom is -0.488 e. The summed E-state index contributed by atoms with van der Waals surface area (Å²) in [7, 11) is 3.64. The number of para-hydroxylation sites is 1. The van der Waals surface area contributed by atoms with Crippen molar-refractivity contribution in [2.45, 2.75) is 87.2 Å². The Bertz CT molecular complexity index is 2740. The van der Waals surface area contributed by atoms with Gasteiger partial charge in [-0.25, -0.2) is 0 Å². The number of amides is 3. The van der Waals surface area contributed by atoms with Gasteiger partial charge in [-0.05, 0) is 97.9 Å². The molecule has 16 heteroatoms. The van der Waals surface area contributed by atoms with Gasteiger partial charge in [-0.15, -0.1) is 0 Å². The third-order valence-corrected chi connectivity index (χ3v) is 9.95. The molecule has 57 heavy (non-hydrogen) atoms. The van der Waals surface area contributed by atoms with Crippen molar-refractivity contribution < 1.29 is 24.2 Å². The van der Waals surface area contributed by atoms with Gasteiger partial charge in [-0.2, -0.15) is 20.2 Å². The number of carbonyl (C=O) groups excluding carboxylic acids is 3. The van der Waals surface area contributed by atoms with Crippen LogP contribution in [-0.4, -0.2) is 72.9 Å². The summed E-state index contributed by atoms with van der Waals surface area (Å²) in [6, 6.07) is 14.2. The second-order valence-corrected chi connectivity index (χ2v) is 15.1. The number of nitrogens with two attached hydrogens (primary N) is 1. The molecule has 300 valence electrons. The smallest absolute Gasteiger partial charge is 0.298 e. The SMILES string of the molecule is CCn1nc(C)cc1C(=O)N=c1n(C)c2cc(C(N)=O)ccc2n1C/C(C)=C(\C)Cn1c(=NC(=O)c2cc(C)nn2CC)n(C)c2cccc(OCC(C)(C)O)c21. The molecule has 2 aromatic carbocycles. The van der Waals surface area contributed by atoms with E-state index in [1.165, 1.54) is 0 Å². The van der Waals surface area contributed by atoms with E-state index < -0.39 is 23.3 Å². The quantitative estimate of drug-likeness (QED) is 0.175. The number of aryl methyl sites for hydroxylation is 6. The lowest BCUT2D eigenvalue weighted by Crippen LogP contribution is -2.29. The van der Waals surface area contributed by atoms with Crippen molar-refractivity contribution in [2.75, 3.05) is 6.61 Å². The summed E-state index contributed by atoms with van der Waals surface area (Å²) in [6.45, 7) is 16.5. The van der Waals surface area contributed by atoms with Gasteiger partial charge >= 0.3 is 0 Å². The summed E-state index contributed by atoms with van der Waals surface area (Å²) in [5, 5.41) is 19.4. The number of benzene rings is 2. The monoisotopic (exact) mass is 777 g/mol. The molecule has 0 atom stereocenters. The first-order valence-electron chi connectivity index (χ1n) is 18.9. The minimum absolute atomic E-state index is 0.0357. The summed E-state index contributed by atoms with van der Waals surface area (Å²) in [4.78, 5) is 49.1. The number of rotatable bonds is 12. The molecule has 0 saturated carbocycles. The molecule has 0 spiro atoms. The highest BCUT2D eigenvalue weighted by molar-refractivity contribution is 5.97. The van der Waals surface area contributed by atoms with Crippen molar-refractivity contribution in [3.05, 3.63) is 99.3 Å². The highest BCUT2D eigenvalue weighted by Crippen LogP contribution is 2.27. The topological polar surface area (TPSA) is 187 Å². The van der Waals surface area contributed by atoms with E-state index in [0.29, 0.717) is 82.5 Å². The molecule has 16 nitrogen and oxygen atoms in total. The maximum atomic E-state index is 13.8. The van der Waals surface area contributed by atoms with E-state index in [0.717, 1.165) is 22.2 Å². The number of ether oxygens (including phenoxy) is 1. The van der Waals surface area contributed by atoms with Crippen LogP contribution in [0.2, 0.25) is 0 Å². The van der Waals surface area contributed by atoms with Crippen molar-refractivity contribution in [3.63, 3.8) is 0 Å². The fourth-order valence-electron chi connectivity index (χ4n) is 6.92. The van der Waals surface area contributed by atoms with Crippen molar-refractivity contribution >= 4 is 39.8 Å². The van der Waals surface area contributed by atoms with E-state index in [1.54, 1.807) is 65.2 Å². The van der Waals surface area contributed by atoms with Crippen LogP contribution in [0.5, 0.6) is 5.75 Å². The van der Waals surface area contributed by atoms with Gasteiger partial charge < -0.3 is 33.8 Å². The van der Waals surface area contributed by atoms with Gasteiger partial charge in [-0.1, -0.05) is 17.2 Å². The molecule has 0 radical (unpaired) electrons. The minimum atomic E-state index is -1.10. The van der Waals surface area contributed by atoms with Crippen LogP contribution in [-0.2, 0) is 40.3 Å². The van der Waals surface area contributed by atoms with Crippen LogP contribution >= 0.6 is 0 Å². The second-order valence-electron chi connectivity index (χ2n) is 15.1. The van der Waals surface area contributed by atoms with E-state index >= 15 is 0 Å². The largest absolute Gasteiger partial charge is 0.488 e. The van der Waals surface area contributed by atoms with E-state index in [-0.39, 0.29) is 6.61 Å². The molecule has 0 aliphatic carbocycles. The lowest BCUT2D eigenvalue weighted by atomic mass is 10.1. The summed E-state index contributed by atoms with van der Waals surface area (Å²) in [6.07, 6.45) is 0. The first-order valence-corrected chi connectivity index (χ1v) is 18.9. The Morgan fingerprint density at radius 1 is 0.772 bits per heavy atom. The lowest BCUT2D eigenvalue weighted by molar-refractivity contribution is 0.0289. The lowest BCUT2D eigenvalue weighted by Gasteiger charge is -2.19. The van der Waals surface area contributed by atoms with Crippen LogP contribution in [0.25, 0.3) is 22.1 Å². The molecule has 6 aromatic rings. The first kappa shape index (κ1) is 40.4. The van der Waals surface area contributed by atoms with E-state index in [2.05, 4.69) is 20.2 Å². The van der Waals surface area contributed by atoms with Crippen LogP contribution < -0.4 is 21.7 Å². The van der Waals surface area contributed by atoms with Gasteiger partial charge in [-0.3, -0.25) is 23.7 Å². The molecule has 4 aromatic heterocycles. The fraction of sp³-hybridized carbons (Fsp3) is 0.390. The Morgan fingerprint density at radius 2 is 1.30 bits per heavy atom. The van der Waals surface area contributed by atoms with Crippen LogP contribution in [0.4, 0.5) is 0 Å². The molecule has 3 N–H and O–H groups in total. The zero-order chi connectivity index (χ0) is 41.5. The van der Waals surface area contributed by atoms with Crippen LogP contribution in [0.1, 0.15) is 84.3 Å². The number of hydrogen-bond donors (Lipinski definition) is 2. The summed E-state index contributed by atoms with van der Waals surface area (Å²) < 4.78 is 17.0. The molecule has 0 aliphatic rings. The molecular weight excluding hydrogens is 727 g/mol. The second kappa shape index (κ2) is 15.7. The molecular formula is C41H51N11O5. The predicted octanol–water partition coefficient (Wildman–Crippen LogP) is 4.09. The van der Waals surface area contributed by atoms with E-state index in [4.69, 9.17) is 10.5 Å². The van der Waals surface area contributed by atoms with Crippen LogP contribution in [0, 0.1) is 13.8 Å². The number of carbonyl (C=O) groups is 3. The average Bonchev–Trinajstić information content (AvgIpc) is 3.89. The Labute approximate surface area is 329 Å². The molecule has 3 amide bonds. The van der Waals surface area contributed by atoms with Gasteiger partial charge in [0, 0.05) is 45.8 Å². The van der Waals surface area contributed by atoms with Crippen molar-refractivity contribution in [2.24, 2.45) is 29.8 Å². The highest BCUT2D eigenvalue weighted by Gasteiger charge is 2.22. The summed E-state index contributed by atoms with van der Waals surface area (Å²) in [5.41, 5.74) is 12.6. The third-order valence-electron chi connectivity index (χ3n) is 9.95. The number of primary amides is 1. The van der Waals surface area contributed by atoms with Crippen LogP contribution in [0.15, 0.2) is 69.7 Å². The number of fused-ring (bicyclic) bond motifs is 2. The molecule has 0 saturated heterocycles. The Hall–Kier alpha value is -6.29. The Balaban J connectivity index is 1.52. The Kier molecular flexibility index (Phi) is 11.1. The maximum Gasteiger partial charge on any atom is 0.298 e. The fourth-order valence-corrected chi connectivity index (χ4v) is 6.92. The summed E-state index contributed by atoms with van der Waals surface area (Å²) in [5.74, 6) is -0.938. The molecule has 0 aliphatic heterocycles. The normalized spacial score (nSPS) is 13.2. The summed E-state index contributed by atoms with van der Waals surface area (Å²) >= 11 is 0. The zero-order valence-electron chi connectivity index (χ0n) is 34.3. The predicted molar refractivity (Wildman–Crippen MR) is 216 cm³/mol. The van der Waals surface area contributed by atoms with Gasteiger partial charge in [0.1, 0.15) is 29.3 Å². The van der Waals surface area contributed by atoms with Gasteiger partial charge in [0.15, 0.2) is 0 Å². The number of imidazole rings is 2. The van der Waals surface area contributed by atoms with Gasteiger partial charge in [0.25, 0.3) is 11.8 Å². The average molecular weight is 778 g/mol. The highest BCUT2D eigenvalue weighted by atomic mass is 16.5. The molecule has 0 fully saturated rings. The van der Waals surface area contributed by atoms with Gasteiger partial charge in [0.05, 0.1) is 33.5 Å². The van der Waals surface area contributed by atoms with Crippen molar-refractivity contribution in [3.8, 4) is 5.75 Å². The van der Waals surface area contributed by atoms with Crippen molar-refractivity contribution in [1.82, 2.24) is 37.8 Å². The zero-order valence-corrected chi connectivity index (χ0v) is 34.3. The van der Waals surface area contributed by atoms with Crippen molar-refractivity contribution in [1.29, 1.82) is 0 Å². The molecule has 0 unspecified atom stereocenters. The number of allylic oxidation sites excluding steroid dienone is 2. The third kappa shape index (κ3) is 8.03. The first-order chi connectivity index (χ1) is 26.9. The standard InChI is InChI=1S/C41H51N11O5/c1-11-51-32(18-26(5)45-51)37(54)43-39-48(10)31-20-28(36(42)53)16-17-29(31)49(39)21-24(3)25(4)22-50-35-30(14-13-15-34(35)57-23-41(7,8)56)47(9)40(50)44-38(55)33-19-27(6)46-52(33)12-2/h13-20,56H,11-12,21-23H2,1-10H3,(H2,42,53)/b25-24+,43-39?,44-40?. The molecule has 6 rings (SSSR count).